The molecule has 4 aromatic carbocycles. The maximum absolute atomic E-state index is 13.3. The molecule has 4 aromatic rings. The molecular weight excluding hydrogens is 1290 g/mol. The van der Waals surface area contributed by atoms with Crippen LogP contribution >= 0.6 is 0 Å². The van der Waals surface area contributed by atoms with Gasteiger partial charge in [-0.1, -0.05) is 61.2 Å². The molecule has 8 heterocycles. The number of ether oxygens (including phenoxy) is 2. The number of ketones is 6. The summed E-state index contributed by atoms with van der Waals surface area (Å²) in [4.78, 5) is 117. The predicted octanol–water partition coefficient (Wildman–Crippen LogP) is 11.6. The fraction of sp³-hybridized carbons (Fsp3) is 0.568. The number of Topliss-reactive ketones (excluding diaryl/α,β-unsaturated/α-hetero) is 5. The van der Waals surface area contributed by atoms with Gasteiger partial charge in [-0.3, -0.25) is 48.7 Å². The van der Waals surface area contributed by atoms with Gasteiger partial charge >= 0.3 is 0 Å². The van der Waals surface area contributed by atoms with Crippen LogP contribution in [0.2, 0.25) is 0 Å². The van der Waals surface area contributed by atoms with E-state index in [1.54, 1.807) is 48.8 Å². The van der Waals surface area contributed by atoms with Crippen molar-refractivity contribution in [3.8, 4) is 0 Å². The first-order valence-electron chi connectivity index (χ1n) is 36.8. The van der Waals surface area contributed by atoms with Crippen LogP contribution in [-0.4, -0.2) is 214 Å². The number of likely N-dealkylation sites (tertiary alicyclic amines) is 5. The molecule has 0 bridgehead atoms. The monoisotopic (exact) mass is 1400 g/mol. The van der Waals surface area contributed by atoms with Crippen molar-refractivity contribution in [2.45, 2.75) is 160 Å². The highest BCUT2D eigenvalue weighted by Crippen LogP contribution is 2.48. The Morgan fingerprint density at radius 2 is 0.971 bits per heavy atom. The summed E-state index contributed by atoms with van der Waals surface area (Å²) in [5.41, 5.74) is 8.31. The SMILES string of the molecule is C=CC(C)=O.CC(=O)CCN1CCC(C=O)CC1.CC(=O)CCN1CCC2(C=Nc3ccccc32)CC1.CC(=O)CCN1CCC2(CC1)CN(C(=O)c1ccc([N+](=O)[O-])cc1)c1ccccc12.CC(=O)CCN1CCC2(CC1)CNc1ccccc12.COC(OC)C1CCN(CCC(C)=O)CC1. The quantitative estimate of drug-likeness (QED) is 0.0253. The first-order valence-corrected chi connectivity index (χ1v) is 36.8. The van der Waals surface area contributed by atoms with Gasteiger partial charge < -0.3 is 49.0 Å². The molecule has 8 aliphatic rings. The lowest BCUT2D eigenvalue weighted by Crippen LogP contribution is -2.46. The summed E-state index contributed by atoms with van der Waals surface area (Å²) in [5, 5.41) is 14.5. The summed E-state index contributed by atoms with van der Waals surface area (Å²) in [6.45, 7) is 29.2. The van der Waals surface area contributed by atoms with Crippen LogP contribution in [0.15, 0.2) is 115 Å². The number of non-ortho nitro benzene ring substituents is 1. The molecule has 0 unspecified atom stereocenters. The molecular formula is C81H113N9O12. The molecule has 21 nitrogen and oxygen atoms in total. The van der Waals surface area contributed by atoms with Gasteiger partial charge in [0.05, 0.1) is 10.6 Å². The van der Waals surface area contributed by atoms with E-state index in [1.165, 1.54) is 72.5 Å². The molecule has 5 saturated heterocycles. The van der Waals surface area contributed by atoms with Crippen molar-refractivity contribution in [2.75, 3.05) is 136 Å². The van der Waals surface area contributed by atoms with Crippen molar-refractivity contribution in [3.05, 3.63) is 142 Å². The molecule has 0 aromatic heterocycles. The van der Waals surface area contributed by atoms with E-state index in [4.69, 9.17) is 9.47 Å². The third kappa shape index (κ3) is 24.0. The summed E-state index contributed by atoms with van der Waals surface area (Å²) in [6.07, 6.45) is 18.3. The summed E-state index contributed by atoms with van der Waals surface area (Å²) in [7, 11) is 3.38. The summed E-state index contributed by atoms with van der Waals surface area (Å²) in [6, 6.07) is 31.0. The minimum absolute atomic E-state index is 0.0185. The number of benzene rings is 4. The number of carbonyl (C=O) groups excluding carboxylic acids is 8. The smallest absolute Gasteiger partial charge is 0.269 e. The summed E-state index contributed by atoms with van der Waals surface area (Å²) >= 11 is 0. The van der Waals surface area contributed by atoms with E-state index >= 15 is 0 Å². The molecule has 554 valence electrons. The third-order valence-electron chi connectivity index (χ3n) is 21.7. The Bertz CT molecular complexity index is 3450. The number of amides is 1. The Labute approximate surface area is 605 Å². The number of fused-ring (bicyclic) bond motifs is 6. The first-order chi connectivity index (χ1) is 48.9. The van der Waals surface area contributed by atoms with E-state index in [1.807, 2.05) is 23.1 Å². The number of nitro benzene ring substituents is 1. The lowest BCUT2D eigenvalue weighted by Gasteiger charge is -2.39. The number of piperidine rings is 5. The largest absolute Gasteiger partial charge is 0.384 e. The van der Waals surface area contributed by atoms with Crippen LogP contribution in [0.3, 0.4) is 0 Å². The van der Waals surface area contributed by atoms with Crippen LogP contribution < -0.4 is 10.2 Å². The van der Waals surface area contributed by atoms with Crippen LogP contribution in [0.4, 0.5) is 22.7 Å². The molecule has 102 heavy (non-hydrogen) atoms. The molecule has 5 fully saturated rings. The van der Waals surface area contributed by atoms with Gasteiger partial charge in [0.1, 0.15) is 35.2 Å². The van der Waals surface area contributed by atoms with Crippen LogP contribution in [0, 0.1) is 22.0 Å². The predicted molar refractivity (Wildman–Crippen MR) is 402 cm³/mol. The highest BCUT2D eigenvalue weighted by Gasteiger charge is 2.47. The van der Waals surface area contributed by atoms with E-state index < -0.39 is 4.92 Å². The number of aldehydes is 1. The Morgan fingerprint density at radius 3 is 1.42 bits per heavy atom. The maximum atomic E-state index is 13.3. The molecule has 0 atom stereocenters. The van der Waals surface area contributed by atoms with E-state index in [2.05, 4.69) is 102 Å². The second-order valence-electron chi connectivity index (χ2n) is 29.0. The number of rotatable bonds is 22. The lowest BCUT2D eigenvalue weighted by atomic mass is 9.74. The summed E-state index contributed by atoms with van der Waals surface area (Å²) < 4.78 is 10.6. The standard InChI is InChI=1S/C23H25N3O4.C16H22N2O.C16H20N2O.C12H23NO3.C10H17NO2.C4H6O/c1-17(27)10-13-24-14-11-23(12-15-24)16-25(21-5-3-2-4-20(21)23)22(28)18-6-8-19(9-7-18)26(29)30;2*1-13(19)6-9-18-10-7-16(8-11-18)12-17-15-5-3-2-4-14(15)16;1-10(14)4-7-13-8-5-11(6-9-13)12(15-2)16-3;1-9(13)2-5-11-6-3-10(8-12)4-7-11;1-3-4(2)5/h2-9H,10-16H2,1H3;2-5,17H,6-12H2,1H3;2-5,12H,6-11H2,1H3;11-12H,4-9H2,1-3H3;8,10H,2-7H2,1H3;3H,1H2,2H3. The van der Waals surface area contributed by atoms with Gasteiger partial charge in [0, 0.05) is 156 Å². The molecule has 0 radical (unpaired) electrons. The zero-order chi connectivity index (χ0) is 73.8. The van der Waals surface area contributed by atoms with Crippen molar-refractivity contribution in [1.82, 2.24) is 24.5 Å². The highest BCUT2D eigenvalue weighted by molar-refractivity contribution is 6.08. The van der Waals surface area contributed by atoms with Crippen LogP contribution in [0.1, 0.15) is 165 Å². The number of nitrogens with one attached hydrogen (secondary N) is 1. The Kier molecular flexibility index (Phi) is 32.4. The molecule has 0 saturated carbocycles. The number of methoxy groups -OCH3 is 2. The molecule has 21 heteroatoms. The van der Waals surface area contributed by atoms with Gasteiger partial charge in [0.2, 0.25) is 0 Å². The average molecular weight is 1400 g/mol. The number of allylic oxidation sites excluding steroid dienone is 1. The molecule has 0 aliphatic carbocycles. The van der Waals surface area contributed by atoms with E-state index in [0.29, 0.717) is 61.3 Å². The maximum Gasteiger partial charge on any atom is 0.269 e. The number of aliphatic imine (C=N–C) groups is 1. The zero-order valence-electron chi connectivity index (χ0n) is 62.0. The van der Waals surface area contributed by atoms with Gasteiger partial charge in [-0.2, -0.15) is 0 Å². The number of carbonyl (C=O) groups is 8. The van der Waals surface area contributed by atoms with Gasteiger partial charge in [-0.25, -0.2) is 0 Å². The normalized spacial score (nSPS) is 18.9. The number of para-hydroxylation sites is 3. The topological polar surface area (TPSA) is 242 Å². The number of hydrogen-bond donors (Lipinski definition) is 1. The van der Waals surface area contributed by atoms with Gasteiger partial charge in [-0.05, 0) is 224 Å². The van der Waals surface area contributed by atoms with Crippen molar-refractivity contribution < 1.29 is 52.8 Å². The lowest BCUT2D eigenvalue weighted by molar-refractivity contribution is -0.384. The van der Waals surface area contributed by atoms with Crippen molar-refractivity contribution in [2.24, 2.45) is 16.8 Å². The Hall–Kier alpha value is -7.63. The highest BCUT2D eigenvalue weighted by atomic mass is 16.7. The molecule has 12 rings (SSSR count). The number of nitro groups is 1. The van der Waals surface area contributed by atoms with E-state index in [0.717, 1.165) is 174 Å². The molecule has 1 amide bonds. The molecule has 8 aliphatic heterocycles. The van der Waals surface area contributed by atoms with E-state index in [9.17, 15) is 48.5 Å². The fourth-order valence-corrected chi connectivity index (χ4v) is 15.1. The number of anilines is 2. The van der Waals surface area contributed by atoms with E-state index in [-0.39, 0.29) is 63.5 Å². The number of hydrogen-bond acceptors (Lipinski definition) is 19. The second kappa shape index (κ2) is 40.4. The van der Waals surface area contributed by atoms with Crippen molar-refractivity contribution in [1.29, 1.82) is 0 Å². The average Bonchev–Trinajstić information content (AvgIpc) is 1.60. The van der Waals surface area contributed by atoms with Crippen molar-refractivity contribution >= 4 is 75.9 Å². The van der Waals surface area contributed by atoms with Crippen LogP contribution in [0.25, 0.3) is 0 Å². The molecule has 3 spiro atoms. The van der Waals surface area contributed by atoms with Crippen LogP contribution in [-0.2, 0) is 59.3 Å². The second-order valence-corrected chi connectivity index (χ2v) is 29.0. The Balaban J connectivity index is 0.000000181. The third-order valence-corrected chi connectivity index (χ3v) is 21.7. The van der Waals surface area contributed by atoms with Gasteiger partial charge in [-0.15, -0.1) is 0 Å². The van der Waals surface area contributed by atoms with Gasteiger partial charge in [0.15, 0.2) is 12.1 Å². The minimum atomic E-state index is -0.464. The van der Waals surface area contributed by atoms with Gasteiger partial charge in [0.25, 0.3) is 11.6 Å². The number of nitrogens with zero attached hydrogens (tertiary/aromatic N) is 8. The van der Waals surface area contributed by atoms with Crippen molar-refractivity contribution in [3.63, 3.8) is 0 Å². The Morgan fingerprint density at radius 1 is 0.559 bits per heavy atom. The zero-order valence-corrected chi connectivity index (χ0v) is 62.0. The fourth-order valence-electron chi connectivity index (χ4n) is 15.1. The first kappa shape index (κ1) is 81.7. The van der Waals surface area contributed by atoms with Crippen LogP contribution in [0.5, 0.6) is 0 Å². The minimum Gasteiger partial charge on any atom is -0.384 e. The summed E-state index contributed by atoms with van der Waals surface area (Å²) in [5.74, 6) is 1.95. The molecule has 1 N–H and O–H groups in total.